The van der Waals surface area contributed by atoms with Gasteiger partial charge in [-0.15, -0.1) is 0 Å². The molecule has 1 aromatic carbocycles. The van der Waals surface area contributed by atoms with Crippen LogP contribution in [0.1, 0.15) is 31.0 Å². The van der Waals surface area contributed by atoms with Gasteiger partial charge in [0.25, 0.3) is 0 Å². The topological polar surface area (TPSA) is 24.9 Å². The molecule has 0 aliphatic carbocycles. The molecular formula is C16H20N2S. The first-order valence-electron chi connectivity index (χ1n) is 6.63. The van der Waals surface area contributed by atoms with Crippen molar-refractivity contribution in [3.63, 3.8) is 0 Å². The van der Waals surface area contributed by atoms with E-state index in [2.05, 4.69) is 67.5 Å². The standard InChI is InChI=1S/C16H20N2S/c1-4-17-13(3)14-7-10-16(18-11-14)19-15-8-5-12(2)6-9-15/h5-11,13,17H,4H2,1-3H3. The van der Waals surface area contributed by atoms with Crippen LogP contribution in [0.3, 0.4) is 0 Å². The van der Waals surface area contributed by atoms with Crippen molar-refractivity contribution >= 4 is 11.8 Å². The van der Waals surface area contributed by atoms with Crippen LogP contribution < -0.4 is 5.32 Å². The van der Waals surface area contributed by atoms with Crippen LogP contribution in [0.2, 0.25) is 0 Å². The van der Waals surface area contributed by atoms with E-state index in [4.69, 9.17) is 0 Å². The summed E-state index contributed by atoms with van der Waals surface area (Å²) in [5.74, 6) is 0. The summed E-state index contributed by atoms with van der Waals surface area (Å²) >= 11 is 1.70. The number of benzene rings is 1. The van der Waals surface area contributed by atoms with Crippen molar-refractivity contribution < 1.29 is 0 Å². The molecule has 1 atom stereocenters. The predicted octanol–water partition coefficient (Wildman–Crippen LogP) is 4.21. The lowest BCUT2D eigenvalue weighted by Gasteiger charge is -2.12. The fraction of sp³-hybridized carbons (Fsp3) is 0.312. The number of aryl methyl sites for hydroxylation is 1. The van der Waals surface area contributed by atoms with Gasteiger partial charge in [0, 0.05) is 17.1 Å². The molecule has 0 aliphatic rings. The Hall–Kier alpha value is -1.32. The monoisotopic (exact) mass is 272 g/mol. The van der Waals surface area contributed by atoms with E-state index in [9.17, 15) is 0 Å². The van der Waals surface area contributed by atoms with Gasteiger partial charge in [0.15, 0.2) is 0 Å². The Labute approximate surface area is 119 Å². The van der Waals surface area contributed by atoms with Crippen molar-refractivity contribution in [1.82, 2.24) is 10.3 Å². The number of hydrogen-bond acceptors (Lipinski definition) is 3. The number of nitrogens with zero attached hydrogens (tertiary/aromatic N) is 1. The molecule has 0 spiro atoms. The third-order valence-corrected chi connectivity index (χ3v) is 3.97. The first-order chi connectivity index (χ1) is 9.19. The van der Waals surface area contributed by atoms with Crippen molar-refractivity contribution in [2.45, 2.75) is 36.7 Å². The minimum atomic E-state index is 0.357. The molecule has 1 N–H and O–H groups in total. The lowest BCUT2D eigenvalue weighted by atomic mass is 10.1. The van der Waals surface area contributed by atoms with Crippen molar-refractivity contribution in [3.8, 4) is 0 Å². The number of hydrogen-bond donors (Lipinski definition) is 1. The van der Waals surface area contributed by atoms with Gasteiger partial charge in [-0.3, -0.25) is 0 Å². The molecule has 2 aromatic rings. The first kappa shape index (κ1) is 14.1. The second kappa shape index (κ2) is 6.73. The lowest BCUT2D eigenvalue weighted by molar-refractivity contribution is 0.595. The zero-order chi connectivity index (χ0) is 13.7. The van der Waals surface area contributed by atoms with E-state index in [0.717, 1.165) is 11.6 Å². The zero-order valence-electron chi connectivity index (χ0n) is 11.7. The highest BCUT2D eigenvalue weighted by molar-refractivity contribution is 7.99. The molecule has 0 aliphatic heterocycles. The lowest BCUT2D eigenvalue weighted by Crippen LogP contribution is -2.17. The second-order valence-electron chi connectivity index (χ2n) is 4.62. The summed E-state index contributed by atoms with van der Waals surface area (Å²) in [6.07, 6.45) is 1.96. The Morgan fingerprint density at radius 2 is 1.89 bits per heavy atom. The van der Waals surface area contributed by atoms with Crippen LogP contribution >= 0.6 is 11.8 Å². The predicted molar refractivity (Wildman–Crippen MR) is 81.6 cm³/mol. The quantitative estimate of drug-likeness (QED) is 0.882. The maximum atomic E-state index is 4.52. The summed E-state index contributed by atoms with van der Waals surface area (Å²) in [6.45, 7) is 7.35. The first-order valence-corrected chi connectivity index (χ1v) is 7.44. The Morgan fingerprint density at radius 1 is 1.16 bits per heavy atom. The largest absolute Gasteiger partial charge is 0.310 e. The molecule has 0 amide bonds. The fourth-order valence-corrected chi connectivity index (χ4v) is 2.61. The highest BCUT2D eigenvalue weighted by atomic mass is 32.2. The Bertz CT molecular complexity index is 505. The van der Waals surface area contributed by atoms with Crippen LogP contribution in [0.15, 0.2) is 52.5 Å². The smallest absolute Gasteiger partial charge is 0.101 e. The van der Waals surface area contributed by atoms with Gasteiger partial charge >= 0.3 is 0 Å². The van der Waals surface area contributed by atoms with Crippen molar-refractivity contribution in [3.05, 3.63) is 53.7 Å². The Morgan fingerprint density at radius 3 is 2.47 bits per heavy atom. The van der Waals surface area contributed by atoms with Crippen LogP contribution in [0.5, 0.6) is 0 Å². The van der Waals surface area contributed by atoms with Gasteiger partial charge in [0.05, 0.1) is 0 Å². The summed E-state index contributed by atoms with van der Waals surface area (Å²) in [7, 11) is 0. The van der Waals surface area contributed by atoms with E-state index in [1.54, 1.807) is 11.8 Å². The fourth-order valence-electron chi connectivity index (χ4n) is 1.86. The molecule has 0 saturated carbocycles. The highest BCUT2D eigenvalue weighted by Gasteiger charge is 2.04. The van der Waals surface area contributed by atoms with E-state index in [-0.39, 0.29) is 0 Å². The molecule has 100 valence electrons. The molecule has 19 heavy (non-hydrogen) atoms. The molecule has 2 rings (SSSR count). The van der Waals surface area contributed by atoms with Gasteiger partial charge in [0.1, 0.15) is 5.03 Å². The average Bonchev–Trinajstić information content (AvgIpc) is 2.42. The van der Waals surface area contributed by atoms with Gasteiger partial charge in [0.2, 0.25) is 0 Å². The summed E-state index contributed by atoms with van der Waals surface area (Å²) in [5.41, 5.74) is 2.52. The second-order valence-corrected chi connectivity index (χ2v) is 5.72. The van der Waals surface area contributed by atoms with Crippen molar-refractivity contribution in [2.75, 3.05) is 6.54 Å². The van der Waals surface area contributed by atoms with Crippen LogP contribution in [-0.2, 0) is 0 Å². The third-order valence-electron chi connectivity index (χ3n) is 3.01. The maximum absolute atomic E-state index is 4.52. The maximum Gasteiger partial charge on any atom is 0.101 e. The number of aromatic nitrogens is 1. The number of rotatable bonds is 5. The van der Waals surface area contributed by atoms with Gasteiger partial charge in [-0.1, -0.05) is 42.4 Å². The minimum Gasteiger partial charge on any atom is -0.310 e. The van der Waals surface area contributed by atoms with Gasteiger partial charge in [-0.25, -0.2) is 4.98 Å². The summed E-state index contributed by atoms with van der Waals surface area (Å²) in [4.78, 5) is 5.75. The van der Waals surface area contributed by atoms with E-state index in [1.165, 1.54) is 16.0 Å². The molecule has 3 heteroatoms. The Balaban J connectivity index is 2.04. The highest BCUT2D eigenvalue weighted by Crippen LogP contribution is 2.26. The van der Waals surface area contributed by atoms with Gasteiger partial charge < -0.3 is 5.32 Å². The number of nitrogens with one attached hydrogen (secondary N) is 1. The summed E-state index contributed by atoms with van der Waals surface area (Å²) in [5, 5.41) is 4.43. The van der Waals surface area contributed by atoms with Gasteiger partial charge in [-0.2, -0.15) is 0 Å². The molecule has 2 nitrogen and oxygen atoms in total. The van der Waals surface area contributed by atoms with Crippen molar-refractivity contribution in [1.29, 1.82) is 0 Å². The van der Waals surface area contributed by atoms with Crippen LogP contribution in [0, 0.1) is 6.92 Å². The van der Waals surface area contributed by atoms with E-state index < -0.39 is 0 Å². The molecular weight excluding hydrogens is 252 g/mol. The molecule has 0 bridgehead atoms. The minimum absolute atomic E-state index is 0.357. The molecule has 1 aromatic heterocycles. The molecule has 1 heterocycles. The average molecular weight is 272 g/mol. The van der Waals surface area contributed by atoms with Crippen LogP contribution in [-0.4, -0.2) is 11.5 Å². The summed E-state index contributed by atoms with van der Waals surface area (Å²) < 4.78 is 0. The molecule has 0 radical (unpaired) electrons. The van der Waals surface area contributed by atoms with Crippen molar-refractivity contribution in [2.24, 2.45) is 0 Å². The summed E-state index contributed by atoms with van der Waals surface area (Å²) in [6, 6.07) is 13.1. The number of pyridine rings is 1. The van der Waals surface area contributed by atoms with E-state index in [1.807, 2.05) is 6.20 Å². The zero-order valence-corrected chi connectivity index (χ0v) is 12.5. The SMILES string of the molecule is CCNC(C)c1ccc(Sc2ccc(C)cc2)nc1. The third kappa shape index (κ3) is 4.08. The van der Waals surface area contributed by atoms with E-state index in [0.29, 0.717) is 6.04 Å². The normalized spacial score (nSPS) is 12.4. The van der Waals surface area contributed by atoms with Gasteiger partial charge in [-0.05, 0) is 44.2 Å². The Kier molecular flexibility index (Phi) is 5.00. The molecule has 1 unspecified atom stereocenters. The molecule has 0 saturated heterocycles. The van der Waals surface area contributed by atoms with Crippen LogP contribution in [0.4, 0.5) is 0 Å². The van der Waals surface area contributed by atoms with Crippen LogP contribution in [0.25, 0.3) is 0 Å². The molecule has 0 fully saturated rings. The van der Waals surface area contributed by atoms with E-state index >= 15 is 0 Å².